The number of rotatable bonds is 3. The molecule has 102 valence electrons. The zero-order valence-corrected chi connectivity index (χ0v) is 11.4. The van der Waals surface area contributed by atoms with Crippen molar-refractivity contribution in [2.45, 2.75) is 13.8 Å². The Morgan fingerprint density at radius 1 is 1.10 bits per heavy atom. The topological polar surface area (TPSA) is 41.5 Å². The molecule has 20 heavy (non-hydrogen) atoms. The van der Waals surface area contributed by atoms with E-state index in [1.807, 2.05) is 31.2 Å². The van der Waals surface area contributed by atoms with Crippen LogP contribution in [0.1, 0.15) is 28.4 Å². The van der Waals surface area contributed by atoms with Gasteiger partial charge in [0.25, 0.3) is 5.91 Å². The molecule has 0 aliphatic heterocycles. The van der Waals surface area contributed by atoms with Crippen LogP contribution in [0, 0.1) is 12.7 Å². The molecule has 0 unspecified atom stereocenters. The summed E-state index contributed by atoms with van der Waals surface area (Å²) in [6.07, 6.45) is 0. The summed E-state index contributed by atoms with van der Waals surface area (Å²) in [5.41, 5.74) is 5.44. The molecule has 2 rings (SSSR count). The maximum absolute atomic E-state index is 13.0. The molecule has 0 radical (unpaired) electrons. The van der Waals surface area contributed by atoms with Crippen LogP contribution in [0.15, 0.2) is 53.6 Å². The fourth-order valence-electron chi connectivity index (χ4n) is 1.69. The number of halogens is 1. The number of hydrogen-bond acceptors (Lipinski definition) is 2. The van der Waals surface area contributed by atoms with E-state index in [2.05, 4.69) is 10.5 Å². The first-order valence-corrected chi connectivity index (χ1v) is 6.23. The molecule has 0 spiro atoms. The van der Waals surface area contributed by atoms with Gasteiger partial charge >= 0.3 is 0 Å². The van der Waals surface area contributed by atoms with Crippen LogP contribution in [-0.2, 0) is 0 Å². The van der Waals surface area contributed by atoms with Gasteiger partial charge in [0.15, 0.2) is 0 Å². The lowest BCUT2D eigenvalue weighted by atomic mass is 10.1. The van der Waals surface area contributed by atoms with Crippen molar-refractivity contribution in [2.75, 3.05) is 0 Å². The van der Waals surface area contributed by atoms with Gasteiger partial charge in [-0.25, -0.2) is 9.82 Å². The number of nitrogens with one attached hydrogen (secondary N) is 1. The average molecular weight is 270 g/mol. The van der Waals surface area contributed by atoms with Gasteiger partial charge in [-0.1, -0.05) is 35.9 Å². The maximum Gasteiger partial charge on any atom is 0.271 e. The minimum atomic E-state index is -0.447. The van der Waals surface area contributed by atoms with Gasteiger partial charge in [0.2, 0.25) is 0 Å². The van der Waals surface area contributed by atoms with E-state index in [0.29, 0.717) is 5.71 Å². The van der Waals surface area contributed by atoms with Crippen molar-refractivity contribution < 1.29 is 9.18 Å². The van der Waals surface area contributed by atoms with Gasteiger partial charge in [0.05, 0.1) is 5.71 Å². The third-order valence-corrected chi connectivity index (χ3v) is 2.88. The molecule has 2 aromatic rings. The van der Waals surface area contributed by atoms with E-state index in [0.717, 1.165) is 11.1 Å². The van der Waals surface area contributed by atoms with Crippen molar-refractivity contribution in [3.8, 4) is 0 Å². The molecular formula is C16H15FN2O. The van der Waals surface area contributed by atoms with Crippen LogP contribution in [0.3, 0.4) is 0 Å². The van der Waals surface area contributed by atoms with Crippen molar-refractivity contribution in [2.24, 2.45) is 5.10 Å². The molecular weight excluding hydrogens is 255 g/mol. The molecule has 0 saturated carbocycles. The molecule has 0 bridgehead atoms. The van der Waals surface area contributed by atoms with Gasteiger partial charge < -0.3 is 0 Å². The quantitative estimate of drug-likeness (QED) is 0.675. The Morgan fingerprint density at radius 2 is 1.80 bits per heavy atom. The van der Waals surface area contributed by atoms with E-state index in [4.69, 9.17) is 0 Å². The molecule has 0 fully saturated rings. The molecule has 0 aliphatic rings. The van der Waals surface area contributed by atoms with E-state index >= 15 is 0 Å². The second kappa shape index (κ2) is 6.10. The standard InChI is InChI=1S/C16H15FN2O/c1-11-6-8-13(9-7-11)12(2)18-19-16(20)14-4-3-5-15(17)10-14/h3-10H,1-2H3,(H,19,20)/b18-12+. The highest BCUT2D eigenvalue weighted by atomic mass is 19.1. The summed E-state index contributed by atoms with van der Waals surface area (Å²) in [5, 5.41) is 4.02. The van der Waals surface area contributed by atoms with Gasteiger partial charge in [0, 0.05) is 5.56 Å². The van der Waals surface area contributed by atoms with E-state index in [1.54, 1.807) is 6.92 Å². The van der Waals surface area contributed by atoms with Crippen LogP contribution in [0.25, 0.3) is 0 Å². The largest absolute Gasteiger partial charge is 0.271 e. The fraction of sp³-hybridized carbons (Fsp3) is 0.125. The first-order chi connectivity index (χ1) is 9.56. The van der Waals surface area contributed by atoms with E-state index < -0.39 is 11.7 Å². The normalized spacial score (nSPS) is 11.2. The summed E-state index contributed by atoms with van der Waals surface area (Å²) in [6.45, 7) is 3.80. The smallest absolute Gasteiger partial charge is 0.267 e. The highest BCUT2D eigenvalue weighted by Crippen LogP contribution is 2.05. The first-order valence-electron chi connectivity index (χ1n) is 6.23. The number of benzene rings is 2. The molecule has 0 heterocycles. The fourth-order valence-corrected chi connectivity index (χ4v) is 1.69. The van der Waals surface area contributed by atoms with Crippen LogP contribution in [-0.4, -0.2) is 11.6 Å². The summed E-state index contributed by atoms with van der Waals surface area (Å²) in [7, 11) is 0. The second-order valence-electron chi connectivity index (χ2n) is 4.51. The lowest BCUT2D eigenvalue weighted by Crippen LogP contribution is -2.19. The first kappa shape index (κ1) is 13.9. The number of hydrogen-bond donors (Lipinski definition) is 1. The number of aryl methyl sites for hydroxylation is 1. The van der Waals surface area contributed by atoms with Crippen molar-refractivity contribution in [3.63, 3.8) is 0 Å². The second-order valence-corrected chi connectivity index (χ2v) is 4.51. The Balaban J connectivity index is 2.08. The summed E-state index contributed by atoms with van der Waals surface area (Å²) in [6, 6.07) is 13.3. The van der Waals surface area contributed by atoms with E-state index in [1.165, 1.54) is 24.3 Å². The minimum absolute atomic E-state index is 0.241. The van der Waals surface area contributed by atoms with Crippen LogP contribution in [0.5, 0.6) is 0 Å². The monoisotopic (exact) mass is 270 g/mol. The molecule has 0 aliphatic carbocycles. The predicted octanol–water partition coefficient (Wildman–Crippen LogP) is 3.29. The van der Waals surface area contributed by atoms with Gasteiger partial charge in [-0.15, -0.1) is 0 Å². The Labute approximate surface area is 117 Å². The third kappa shape index (κ3) is 3.51. The number of nitrogens with zero attached hydrogens (tertiary/aromatic N) is 1. The number of amides is 1. The zero-order valence-electron chi connectivity index (χ0n) is 11.4. The molecule has 2 aromatic carbocycles. The third-order valence-electron chi connectivity index (χ3n) is 2.88. The minimum Gasteiger partial charge on any atom is -0.267 e. The average Bonchev–Trinajstić information content (AvgIpc) is 2.45. The molecule has 1 N–H and O–H groups in total. The summed E-state index contributed by atoms with van der Waals surface area (Å²) in [4.78, 5) is 11.8. The lowest BCUT2D eigenvalue weighted by Gasteiger charge is -2.03. The molecule has 3 nitrogen and oxygen atoms in total. The number of hydrazone groups is 1. The van der Waals surface area contributed by atoms with Crippen LogP contribution in [0.4, 0.5) is 4.39 Å². The Kier molecular flexibility index (Phi) is 4.25. The van der Waals surface area contributed by atoms with Crippen molar-refractivity contribution in [1.29, 1.82) is 0 Å². The van der Waals surface area contributed by atoms with Gasteiger partial charge in [-0.2, -0.15) is 5.10 Å². The summed E-state index contributed by atoms with van der Waals surface area (Å²) < 4.78 is 13.0. The van der Waals surface area contributed by atoms with Crippen molar-refractivity contribution >= 4 is 11.6 Å². The van der Waals surface area contributed by atoms with Crippen LogP contribution in [0.2, 0.25) is 0 Å². The molecule has 4 heteroatoms. The van der Waals surface area contributed by atoms with Gasteiger partial charge in [0.1, 0.15) is 5.82 Å². The van der Waals surface area contributed by atoms with E-state index in [9.17, 15) is 9.18 Å². The maximum atomic E-state index is 13.0. The Hall–Kier alpha value is -2.49. The highest BCUT2D eigenvalue weighted by molar-refractivity contribution is 6.00. The lowest BCUT2D eigenvalue weighted by molar-refractivity contribution is 0.0954. The zero-order chi connectivity index (χ0) is 14.5. The van der Waals surface area contributed by atoms with Crippen LogP contribution < -0.4 is 5.43 Å². The number of carbonyl (C=O) groups is 1. The molecule has 1 amide bonds. The SMILES string of the molecule is C/C(=N\NC(=O)c1cccc(F)c1)c1ccc(C)cc1. The summed E-state index contributed by atoms with van der Waals surface area (Å²) >= 11 is 0. The van der Waals surface area contributed by atoms with Gasteiger partial charge in [-0.3, -0.25) is 4.79 Å². The Bertz CT molecular complexity index is 648. The number of carbonyl (C=O) groups excluding carboxylic acids is 1. The van der Waals surface area contributed by atoms with Crippen molar-refractivity contribution in [1.82, 2.24) is 5.43 Å². The molecule has 0 atom stereocenters. The summed E-state index contributed by atoms with van der Waals surface area (Å²) in [5.74, 6) is -0.882. The van der Waals surface area contributed by atoms with Crippen LogP contribution >= 0.6 is 0 Å². The molecule has 0 saturated heterocycles. The molecule has 0 aromatic heterocycles. The van der Waals surface area contributed by atoms with Crippen molar-refractivity contribution in [3.05, 3.63) is 71.0 Å². The Morgan fingerprint density at radius 3 is 2.45 bits per heavy atom. The van der Waals surface area contributed by atoms with Gasteiger partial charge in [-0.05, 0) is 37.6 Å². The highest BCUT2D eigenvalue weighted by Gasteiger charge is 2.05. The predicted molar refractivity (Wildman–Crippen MR) is 77.3 cm³/mol. The van der Waals surface area contributed by atoms with E-state index in [-0.39, 0.29) is 5.56 Å².